The third-order valence-electron chi connectivity index (χ3n) is 15.3. The quantitative estimate of drug-likeness (QED) is 0.143. The summed E-state index contributed by atoms with van der Waals surface area (Å²) in [6, 6.07) is 99.5. The second-order valence-corrected chi connectivity index (χ2v) is 19.6. The monoisotopic (exact) mass is 921 g/mol. The fraction of sp³-hybridized carbons (Fsp3) is 0.0571. The van der Waals surface area contributed by atoms with E-state index in [0.717, 1.165) is 45.3 Å². The molecule has 0 radical (unpaired) electrons. The standard InChI is InChI=1S/C70H51NO/c1-69(2)64-26-14-15-28-67(64)72-68-60(24-16-27-65(68)69)53-37-44-59(45-38-53)71(57-40-33-51(34-41-57)50-31-29-49(30-32-50)48-17-6-3-7-18-48)58-42-35-52(36-43-58)54-39-46-62-61-23-12-13-25-63(61)70(66(62)47-54,55-19-8-4-9-20-55)56-21-10-5-11-22-56/h3-47H,1-2H3. The molecule has 1 aliphatic heterocycles. The Hall–Kier alpha value is -8.98. The maximum absolute atomic E-state index is 6.73. The van der Waals surface area contributed by atoms with E-state index in [1.165, 1.54) is 72.3 Å². The van der Waals surface area contributed by atoms with Crippen LogP contribution >= 0.6 is 0 Å². The van der Waals surface area contributed by atoms with Gasteiger partial charge in [0.1, 0.15) is 11.5 Å². The summed E-state index contributed by atoms with van der Waals surface area (Å²) in [6.07, 6.45) is 0. The molecule has 1 heterocycles. The van der Waals surface area contributed by atoms with Gasteiger partial charge in [0.25, 0.3) is 0 Å². The number of anilines is 3. The molecule has 1 aliphatic carbocycles. The second-order valence-electron chi connectivity index (χ2n) is 19.6. The molecule has 2 aliphatic rings. The molecule has 11 aromatic rings. The van der Waals surface area contributed by atoms with Crippen LogP contribution in [0.1, 0.15) is 47.2 Å². The van der Waals surface area contributed by atoms with Crippen molar-refractivity contribution in [3.05, 3.63) is 306 Å². The van der Waals surface area contributed by atoms with Gasteiger partial charge in [-0.25, -0.2) is 0 Å². The van der Waals surface area contributed by atoms with E-state index in [-0.39, 0.29) is 5.41 Å². The number of rotatable bonds is 9. The Morgan fingerprint density at radius 2 is 0.694 bits per heavy atom. The molecule has 11 aromatic carbocycles. The van der Waals surface area contributed by atoms with Gasteiger partial charge in [0, 0.05) is 39.2 Å². The number of fused-ring (bicyclic) bond motifs is 5. The maximum atomic E-state index is 6.73. The molecular formula is C70H51NO. The Bertz CT molecular complexity index is 3710. The Morgan fingerprint density at radius 1 is 0.292 bits per heavy atom. The minimum absolute atomic E-state index is 0.198. The van der Waals surface area contributed by atoms with Crippen LogP contribution in [0.2, 0.25) is 0 Å². The summed E-state index contributed by atoms with van der Waals surface area (Å²) in [5.74, 6) is 1.84. The number of hydrogen-bond acceptors (Lipinski definition) is 2. The van der Waals surface area contributed by atoms with Crippen LogP contribution in [0, 0.1) is 0 Å². The van der Waals surface area contributed by atoms with Gasteiger partial charge in [0.05, 0.1) is 5.41 Å². The number of ether oxygens (including phenoxy) is 1. The highest BCUT2D eigenvalue weighted by Crippen LogP contribution is 2.57. The van der Waals surface area contributed by atoms with E-state index in [1.807, 2.05) is 0 Å². The molecule has 0 N–H and O–H groups in total. The van der Waals surface area contributed by atoms with Crippen molar-refractivity contribution in [1.82, 2.24) is 0 Å². The van der Waals surface area contributed by atoms with Gasteiger partial charge in [-0.3, -0.25) is 0 Å². The van der Waals surface area contributed by atoms with Crippen molar-refractivity contribution in [2.45, 2.75) is 24.7 Å². The lowest BCUT2D eigenvalue weighted by atomic mass is 9.67. The van der Waals surface area contributed by atoms with Gasteiger partial charge < -0.3 is 9.64 Å². The molecule has 0 spiro atoms. The molecule has 72 heavy (non-hydrogen) atoms. The van der Waals surface area contributed by atoms with Crippen LogP contribution < -0.4 is 9.64 Å². The second kappa shape index (κ2) is 17.5. The molecule has 0 atom stereocenters. The predicted molar refractivity (Wildman–Crippen MR) is 299 cm³/mol. The van der Waals surface area contributed by atoms with Crippen LogP contribution in [-0.2, 0) is 10.8 Å². The Morgan fingerprint density at radius 3 is 1.28 bits per heavy atom. The molecule has 0 saturated heterocycles. The largest absolute Gasteiger partial charge is 0.456 e. The third-order valence-corrected chi connectivity index (χ3v) is 15.3. The number of hydrogen-bond donors (Lipinski definition) is 0. The van der Waals surface area contributed by atoms with Gasteiger partial charge >= 0.3 is 0 Å². The molecule has 2 heteroatoms. The van der Waals surface area contributed by atoms with Crippen molar-refractivity contribution in [2.75, 3.05) is 4.90 Å². The zero-order valence-electron chi connectivity index (χ0n) is 40.3. The van der Waals surface area contributed by atoms with Crippen molar-refractivity contribution in [2.24, 2.45) is 0 Å². The molecule has 0 saturated carbocycles. The van der Waals surface area contributed by atoms with Gasteiger partial charge in [0.15, 0.2) is 0 Å². The molecule has 342 valence electrons. The summed E-state index contributed by atoms with van der Waals surface area (Å²) in [4.78, 5) is 2.36. The van der Waals surface area contributed by atoms with Crippen LogP contribution in [0.3, 0.4) is 0 Å². The average Bonchev–Trinajstić information content (AvgIpc) is 3.75. The van der Waals surface area contributed by atoms with Crippen LogP contribution in [0.4, 0.5) is 17.1 Å². The summed E-state index contributed by atoms with van der Waals surface area (Å²) < 4.78 is 6.73. The average molecular weight is 922 g/mol. The van der Waals surface area contributed by atoms with Crippen molar-refractivity contribution in [3.63, 3.8) is 0 Å². The van der Waals surface area contributed by atoms with E-state index in [2.05, 4.69) is 292 Å². The smallest absolute Gasteiger partial charge is 0.139 e. The number of para-hydroxylation sites is 2. The lowest BCUT2D eigenvalue weighted by molar-refractivity contribution is 0.419. The first-order chi connectivity index (χ1) is 35.4. The highest BCUT2D eigenvalue weighted by atomic mass is 16.5. The summed E-state index contributed by atoms with van der Waals surface area (Å²) >= 11 is 0. The molecule has 0 aromatic heterocycles. The zero-order valence-corrected chi connectivity index (χ0v) is 40.3. The summed E-state index contributed by atoms with van der Waals surface area (Å²) in [6.45, 7) is 4.58. The molecule has 0 bridgehead atoms. The third kappa shape index (κ3) is 7.09. The van der Waals surface area contributed by atoms with E-state index in [1.54, 1.807) is 0 Å². The van der Waals surface area contributed by atoms with E-state index < -0.39 is 5.41 Å². The van der Waals surface area contributed by atoms with Gasteiger partial charge in [-0.15, -0.1) is 0 Å². The van der Waals surface area contributed by atoms with Crippen molar-refractivity contribution in [1.29, 1.82) is 0 Å². The van der Waals surface area contributed by atoms with Gasteiger partial charge in [-0.05, 0) is 121 Å². The molecule has 2 nitrogen and oxygen atoms in total. The highest BCUT2D eigenvalue weighted by Gasteiger charge is 2.46. The maximum Gasteiger partial charge on any atom is 0.139 e. The highest BCUT2D eigenvalue weighted by molar-refractivity contribution is 5.89. The minimum Gasteiger partial charge on any atom is -0.456 e. The zero-order chi connectivity index (χ0) is 48.2. The Labute approximate surface area is 422 Å². The first-order valence-electron chi connectivity index (χ1n) is 25.0. The van der Waals surface area contributed by atoms with E-state index >= 15 is 0 Å². The Balaban J connectivity index is 0.886. The molecule has 0 fully saturated rings. The van der Waals surface area contributed by atoms with Gasteiger partial charge in [-0.1, -0.05) is 238 Å². The predicted octanol–water partition coefficient (Wildman–Crippen LogP) is 18.6. The fourth-order valence-electron chi connectivity index (χ4n) is 11.6. The normalized spacial score (nSPS) is 13.5. The van der Waals surface area contributed by atoms with E-state index in [0.29, 0.717) is 0 Å². The van der Waals surface area contributed by atoms with Gasteiger partial charge in [0.2, 0.25) is 0 Å². The van der Waals surface area contributed by atoms with Crippen LogP contribution in [0.15, 0.2) is 273 Å². The Kier molecular flexibility index (Phi) is 10.4. The summed E-state index contributed by atoms with van der Waals surface area (Å²) in [5, 5.41) is 0. The van der Waals surface area contributed by atoms with Crippen molar-refractivity contribution in [3.8, 4) is 67.1 Å². The van der Waals surface area contributed by atoms with Crippen LogP contribution in [0.25, 0.3) is 55.6 Å². The first-order valence-corrected chi connectivity index (χ1v) is 25.0. The van der Waals surface area contributed by atoms with E-state index in [4.69, 9.17) is 4.74 Å². The number of benzene rings is 11. The first kappa shape index (κ1) is 43.1. The van der Waals surface area contributed by atoms with Crippen LogP contribution in [0.5, 0.6) is 11.5 Å². The molecule has 0 unspecified atom stereocenters. The topological polar surface area (TPSA) is 12.5 Å². The molecule has 13 rings (SSSR count). The SMILES string of the molecule is CC1(C)c2ccccc2Oc2c(-c3ccc(N(c4ccc(-c5ccc(-c6ccccc6)cc5)cc4)c4ccc(-c5ccc6c(c5)C(c5ccccc5)(c5ccccc5)c5ccccc5-6)cc4)cc3)cccc21. The minimum atomic E-state index is -0.463. The van der Waals surface area contributed by atoms with E-state index in [9.17, 15) is 0 Å². The van der Waals surface area contributed by atoms with Crippen molar-refractivity contribution < 1.29 is 4.74 Å². The summed E-state index contributed by atoms with van der Waals surface area (Å²) in [7, 11) is 0. The lowest BCUT2D eigenvalue weighted by Crippen LogP contribution is -2.28. The summed E-state index contributed by atoms with van der Waals surface area (Å²) in [5.41, 5.74) is 22.0. The van der Waals surface area contributed by atoms with Gasteiger partial charge in [-0.2, -0.15) is 0 Å². The lowest BCUT2D eigenvalue weighted by Gasteiger charge is -2.35. The number of nitrogens with zero attached hydrogens (tertiary/aromatic N) is 1. The molecule has 0 amide bonds. The van der Waals surface area contributed by atoms with Crippen LogP contribution in [-0.4, -0.2) is 0 Å². The fourth-order valence-corrected chi connectivity index (χ4v) is 11.6. The molecular weight excluding hydrogens is 871 g/mol. The van der Waals surface area contributed by atoms with Crippen molar-refractivity contribution >= 4 is 17.1 Å².